The highest BCUT2D eigenvalue weighted by molar-refractivity contribution is 5.94. The van der Waals surface area contributed by atoms with E-state index in [1.807, 2.05) is 6.92 Å². The lowest BCUT2D eigenvalue weighted by atomic mass is 9.91. The maximum Gasteiger partial charge on any atom is 0.306 e. The van der Waals surface area contributed by atoms with Gasteiger partial charge in [0.25, 0.3) is 5.91 Å². The third kappa shape index (κ3) is 2.50. The molecule has 2 unspecified atom stereocenters. The highest BCUT2D eigenvalue weighted by atomic mass is 16.4. The molecule has 96 valence electrons. The number of amides is 1. The summed E-state index contributed by atoms with van der Waals surface area (Å²) in [5.41, 5.74) is 0.602. The molecule has 1 saturated heterocycles. The van der Waals surface area contributed by atoms with E-state index < -0.39 is 5.97 Å². The molecule has 1 aliphatic rings. The van der Waals surface area contributed by atoms with E-state index >= 15 is 0 Å². The van der Waals surface area contributed by atoms with Crippen LogP contribution < -0.4 is 0 Å². The number of piperidine rings is 1. The van der Waals surface area contributed by atoms with Crippen molar-refractivity contribution >= 4 is 11.9 Å². The van der Waals surface area contributed by atoms with Crippen molar-refractivity contribution in [1.82, 2.24) is 9.88 Å². The number of hydrogen-bond donors (Lipinski definition) is 1. The van der Waals surface area contributed by atoms with Gasteiger partial charge in [-0.15, -0.1) is 0 Å². The smallest absolute Gasteiger partial charge is 0.306 e. The lowest BCUT2D eigenvalue weighted by molar-refractivity contribution is -0.143. The minimum Gasteiger partial charge on any atom is -0.481 e. The highest BCUT2D eigenvalue weighted by Gasteiger charge is 2.32. The van der Waals surface area contributed by atoms with Crippen LogP contribution in [0.15, 0.2) is 24.5 Å². The summed E-state index contributed by atoms with van der Waals surface area (Å²) in [5.74, 6) is -1.15. The summed E-state index contributed by atoms with van der Waals surface area (Å²) in [7, 11) is 0. The van der Waals surface area contributed by atoms with Crippen molar-refractivity contribution in [2.45, 2.75) is 25.8 Å². The first-order chi connectivity index (χ1) is 8.59. The predicted molar refractivity (Wildman–Crippen MR) is 65.1 cm³/mol. The molecular formula is C13H16N2O3. The van der Waals surface area contributed by atoms with Gasteiger partial charge in [-0.05, 0) is 31.9 Å². The van der Waals surface area contributed by atoms with Gasteiger partial charge in [-0.25, -0.2) is 0 Å². The van der Waals surface area contributed by atoms with Crippen LogP contribution in [0.5, 0.6) is 0 Å². The van der Waals surface area contributed by atoms with Crippen molar-refractivity contribution < 1.29 is 14.7 Å². The van der Waals surface area contributed by atoms with Crippen molar-refractivity contribution in [2.75, 3.05) is 6.54 Å². The fourth-order valence-electron chi connectivity index (χ4n) is 2.36. The average molecular weight is 248 g/mol. The lowest BCUT2D eigenvalue weighted by Crippen LogP contribution is -2.46. The maximum absolute atomic E-state index is 12.2. The molecule has 2 atom stereocenters. The standard InChI is InChI=1S/C13H16N2O3/c1-9-8-11(13(17)18)4-7-15(9)12(16)10-2-5-14-6-3-10/h2-3,5-6,9,11H,4,7-8H2,1H3,(H,17,18). The lowest BCUT2D eigenvalue weighted by Gasteiger charge is -2.36. The van der Waals surface area contributed by atoms with Gasteiger partial charge in [0, 0.05) is 30.5 Å². The van der Waals surface area contributed by atoms with Crippen molar-refractivity contribution in [3.8, 4) is 0 Å². The van der Waals surface area contributed by atoms with Gasteiger partial charge in [0.2, 0.25) is 0 Å². The number of aromatic nitrogens is 1. The summed E-state index contributed by atoms with van der Waals surface area (Å²) in [6.45, 7) is 2.40. The normalized spacial score (nSPS) is 23.7. The van der Waals surface area contributed by atoms with Crippen molar-refractivity contribution in [2.24, 2.45) is 5.92 Å². The third-order valence-corrected chi connectivity index (χ3v) is 3.41. The van der Waals surface area contributed by atoms with E-state index in [1.54, 1.807) is 29.4 Å². The van der Waals surface area contributed by atoms with Crippen LogP contribution >= 0.6 is 0 Å². The van der Waals surface area contributed by atoms with Crippen LogP contribution in [0.2, 0.25) is 0 Å². The summed E-state index contributed by atoms with van der Waals surface area (Å²) in [5, 5.41) is 8.99. The van der Waals surface area contributed by atoms with Gasteiger partial charge in [-0.3, -0.25) is 14.6 Å². The second-order valence-corrected chi connectivity index (χ2v) is 4.64. The zero-order chi connectivity index (χ0) is 13.1. The second kappa shape index (κ2) is 5.16. The van der Waals surface area contributed by atoms with E-state index in [0.717, 1.165) is 0 Å². The van der Waals surface area contributed by atoms with Gasteiger partial charge >= 0.3 is 5.97 Å². The number of rotatable bonds is 2. The number of likely N-dealkylation sites (tertiary alicyclic amines) is 1. The van der Waals surface area contributed by atoms with Gasteiger partial charge < -0.3 is 10.0 Å². The average Bonchev–Trinajstić information content (AvgIpc) is 2.38. The van der Waals surface area contributed by atoms with Crippen LogP contribution in [0.25, 0.3) is 0 Å². The first-order valence-electron chi connectivity index (χ1n) is 6.03. The molecule has 1 amide bonds. The first kappa shape index (κ1) is 12.5. The number of carboxylic acid groups (broad SMARTS) is 1. The van der Waals surface area contributed by atoms with Crippen molar-refractivity contribution in [3.63, 3.8) is 0 Å². The van der Waals surface area contributed by atoms with Crippen LogP contribution in [0, 0.1) is 5.92 Å². The highest BCUT2D eigenvalue weighted by Crippen LogP contribution is 2.24. The number of nitrogens with zero attached hydrogens (tertiary/aromatic N) is 2. The Balaban J connectivity index is 2.07. The van der Waals surface area contributed by atoms with Crippen molar-refractivity contribution in [1.29, 1.82) is 0 Å². The number of carbonyl (C=O) groups excluding carboxylic acids is 1. The van der Waals surface area contributed by atoms with Crippen LogP contribution in [0.4, 0.5) is 0 Å². The monoisotopic (exact) mass is 248 g/mol. The third-order valence-electron chi connectivity index (χ3n) is 3.41. The predicted octanol–water partition coefficient (Wildman–Crippen LogP) is 1.41. The molecule has 18 heavy (non-hydrogen) atoms. The number of carbonyl (C=O) groups is 2. The Hall–Kier alpha value is -1.91. The number of aliphatic carboxylic acids is 1. The van der Waals surface area contributed by atoms with Crippen LogP contribution in [0.1, 0.15) is 30.1 Å². The van der Waals surface area contributed by atoms with Gasteiger partial charge in [-0.1, -0.05) is 0 Å². The molecule has 0 aliphatic carbocycles. The molecule has 0 bridgehead atoms. The van der Waals surface area contributed by atoms with E-state index in [0.29, 0.717) is 24.9 Å². The quantitative estimate of drug-likeness (QED) is 0.859. The van der Waals surface area contributed by atoms with E-state index in [9.17, 15) is 9.59 Å². The molecule has 1 aromatic rings. The van der Waals surface area contributed by atoms with E-state index in [1.165, 1.54) is 0 Å². The number of carboxylic acids is 1. The largest absolute Gasteiger partial charge is 0.481 e. The van der Waals surface area contributed by atoms with Crippen LogP contribution in [0.3, 0.4) is 0 Å². The molecule has 2 heterocycles. The SMILES string of the molecule is CC1CC(C(=O)O)CCN1C(=O)c1ccncc1. The minimum atomic E-state index is -0.766. The summed E-state index contributed by atoms with van der Waals surface area (Å²) in [6.07, 6.45) is 4.21. The van der Waals surface area contributed by atoms with E-state index in [-0.39, 0.29) is 17.9 Å². The van der Waals surface area contributed by atoms with Crippen molar-refractivity contribution in [3.05, 3.63) is 30.1 Å². The summed E-state index contributed by atoms with van der Waals surface area (Å²) >= 11 is 0. The molecule has 1 aliphatic heterocycles. The Labute approximate surface area is 105 Å². The molecular weight excluding hydrogens is 232 g/mol. The van der Waals surface area contributed by atoms with Crippen LogP contribution in [-0.4, -0.2) is 39.5 Å². The number of pyridine rings is 1. The summed E-state index contributed by atoms with van der Waals surface area (Å²) < 4.78 is 0. The van der Waals surface area contributed by atoms with E-state index in [2.05, 4.69) is 4.98 Å². The van der Waals surface area contributed by atoms with Gasteiger partial charge in [-0.2, -0.15) is 0 Å². The summed E-state index contributed by atoms with van der Waals surface area (Å²) in [4.78, 5) is 28.8. The Kier molecular flexibility index (Phi) is 3.60. The molecule has 1 fully saturated rings. The Morgan fingerprint density at radius 2 is 2.06 bits per heavy atom. The zero-order valence-electron chi connectivity index (χ0n) is 10.2. The molecule has 1 N–H and O–H groups in total. The van der Waals surface area contributed by atoms with Crippen LogP contribution in [-0.2, 0) is 4.79 Å². The van der Waals surface area contributed by atoms with Gasteiger partial charge in [0.15, 0.2) is 0 Å². The first-order valence-corrected chi connectivity index (χ1v) is 6.03. The molecule has 0 spiro atoms. The minimum absolute atomic E-state index is 0.0412. The fourth-order valence-corrected chi connectivity index (χ4v) is 2.36. The van der Waals surface area contributed by atoms with Gasteiger partial charge in [0.05, 0.1) is 5.92 Å². The van der Waals surface area contributed by atoms with E-state index in [4.69, 9.17) is 5.11 Å². The maximum atomic E-state index is 12.2. The number of hydrogen-bond acceptors (Lipinski definition) is 3. The topological polar surface area (TPSA) is 70.5 Å². The van der Waals surface area contributed by atoms with Gasteiger partial charge in [0.1, 0.15) is 0 Å². The Bertz CT molecular complexity index is 447. The molecule has 1 aromatic heterocycles. The second-order valence-electron chi connectivity index (χ2n) is 4.64. The molecule has 5 heteroatoms. The Morgan fingerprint density at radius 3 is 2.61 bits per heavy atom. The summed E-state index contributed by atoms with van der Waals surface area (Å²) in [6, 6.07) is 3.32. The zero-order valence-corrected chi connectivity index (χ0v) is 10.2. The Morgan fingerprint density at radius 1 is 1.39 bits per heavy atom. The fraction of sp³-hybridized carbons (Fsp3) is 0.462. The molecule has 0 saturated carbocycles. The molecule has 0 aromatic carbocycles. The molecule has 5 nitrogen and oxygen atoms in total. The molecule has 0 radical (unpaired) electrons. The molecule has 2 rings (SSSR count).